The highest BCUT2D eigenvalue weighted by Crippen LogP contribution is 2.58. The Hall–Kier alpha value is -5.60. The van der Waals surface area contributed by atoms with Gasteiger partial charge in [-0.2, -0.15) is 0 Å². The number of hydrogen-bond acceptors (Lipinski definition) is 10. The maximum absolute atomic E-state index is 13.8. The maximum atomic E-state index is 13.8. The van der Waals surface area contributed by atoms with E-state index in [0.29, 0.717) is 58.0 Å². The first-order valence-corrected chi connectivity index (χ1v) is 16.3. The number of imidazole rings is 1. The zero-order valence-electron chi connectivity index (χ0n) is 26.9. The van der Waals surface area contributed by atoms with Crippen LogP contribution in [0.2, 0.25) is 0 Å². The SMILES string of the molecule is CC(NC(=O)c1cc(C(=O)NCc2ccc3c(c2)CN(c2c(N)c(=O)c2=O)CC3)nc2c(C(N)=O)ncn12)C12CCC(C(=O)O)(CC1)CC2. The summed E-state index contributed by atoms with van der Waals surface area (Å²) in [6, 6.07) is 6.81. The molecule has 3 heterocycles. The van der Waals surface area contributed by atoms with E-state index in [1.54, 1.807) is 4.90 Å². The average Bonchev–Trinajstić information content (AvgIpc) is 3.55. The Morgan fingerprint density at radius 3 is 2.37 bits per heavy atom. The lowest BCUT2D eigenvalue weighted by Gasteiger charge is -2.54. The fourth-order valence-corrected chi connectivity index (χ4v) is 7.94. The minimum atomic E-state index is -0.869. The lowest BCUT2D eigenvalue weighted by atomic mass is 9.52. The number of nitrogens with two attached hydrogens (primary N) is 2. The van der Waals surface area contributed by atoms with Crippen molar-refractivity contribution in [3.8, 4) is 0 Å². The van der Waals surface area contributed by atoms with Gasteiger partial charge in [-0.3, -0.25) is 33.2 Å². The molecule has 3 amide bonds. The van der Waals surface area contributed by atoms with Crippen molar-refractivity contribution in [1.29, 1.82) is 0 Å². The highest BCUT2D eigenvalue weighted by molar-refractivity contribution is 6.01. The number of benzene rings is 1. The summed E-state index contributed by atoms with van der Waals surface area (Å²) in [6.45, 7) is 2.97. The van der Waals surface area contributed by atoms with Crippen LogP contribution in [0.3, 0.4) is 0 Å². The molecule has 4 aliphatic rings. The molecule has 15 heteroatoms. The molecule has 2 aromatic carbocycles. The van der Waals surface area contributed by atoms with Crippen LogP contribution < -0.4 is 37.9 Å². The summed E-state index contributed by atoms with van der Waals surface area (Å²) in [6.07, 6.45) is 5.65. The summed E-state index contributed by atoms with van der Waals surface area (Å²) in [7, 11) is 0. The summed E-state index contributed by atoms with van der Waals surface area (Å²) in [5.41, 5.74) is 11.9. The number of nitrogens with zero attached hydrogens (tertiary/aromatic N) is 4. The summed E-state index contributed by atoms with van der Waals surface area (Å²) in [5, 5.41) is 15.7. The first-order chi connectivity index (χ1) is 23.3. The van der Waals surface area contributed by atoms with Crippen LogP contribution >= 0.6 is 0 Å². The van der Waals surface area contributed by atoms with Gasteiger partial charge in [-0.1, -0.05) is 18.2 Å². The molecule has 2 aromatic heterocycles. The Kier molecular flexibility index (Phi) is 7.52. The Balaban J connectivity index is 1.09. The van der Waals surface area contributed by atoms with E-state index in [2.05, 4.69) is 20.6 Å². The third-order valence-corrected chi connectivity index (χ3v) is 11.2. The third-order valence-electron chi connectivity index (χ3n) is 11.2. The van der Waals surface area contributed by atoms with E-state index in [-0.39, 0.29) is 52.1 Å². The first kappa shape index (κ1) is 32.0. The van der Waals surface area contributed by atoms with Crippen LogP contribution in [0.5, 0.6) is 0 Å². The van der Waals surface area contributed by atoms with Crippen molar-refractivity contribution < 1.29 is 24.3 Å². The summed E-state index contributed by atoms with van der Waals surface area (Å²) in [5.74, 6) is -2.72. The number of anilines is 2. The molecule has 2 bridgehead atoms. The van der Waals surface area contributed by atoms with Crippen molar-refractivity contribution >= 4 is 40.7 Å². The third kappa shape index (κ3) is 5.20. The van der Waals surface area contributed by atoms with Gasteiger partial charge in [0.15, 0.2) is 11.3 Å². The number of primary amides is 1. The lowest BCUT2D eigenvalue weighted by molar-refractivity contribution is -0.159. The predicted octanol–water partition coefficient (Wildman–Crippen LogP) is 1.04. The zero-order valence-corrected chi connectivity index (χ0v) is 26.9. The van der Waals surface area contributed by atoms with Gasteiger partial charge < -0.3 is 32.1 Å². The minimum Gasteiger partial charge on any atom is -0.481 e. The van der Waals surface area contributed by atoms with Crippen LogP contribution in [0.15, 0.2) is 40.2 Å². The monoisotopic (exact) mass is 668 g/mol. The average molecular weight is 669 g/mol. The van der Waals surface area contributed by atoms with Crippen molar-refractivity contribution in [2.24, 2.45) is 16.6 Å². The van der Waals surface area contributed by atoms with E-state index >= 15 is 0 Å². The number of aliphatic carboxylic acids is 1. The van der Waals surface area contributed by atoms with Gasteiger partial charge in [0, 0.05) is 25.7 Å². The van der Waals surface area contributed by atoms with E-state index in [0.717, 1.165) is 16.7 Å². The highest BCUT2D eigenvalue weighted by Gasteiger charge is 2.54. The van der Waals surface area contributed by atoms with Crippen molar-refractivity contribution in [3.05, 3.63) is 84.8 Å². The quantitative estimate of drug-likeness (QED) is 0.158. The second kappa shape index (κ2) is 11.5. The predicted molar refractivity (Wildman–Crippen MR) is 177 cm³/mol. The number of nitrogens with one attached hydrogen (secondary N) is 2. The van der Waals surface area contributed by atoms with Gasteiger partial charge in [-0.15, -0.1) is 0 Å². The van der Waals surface area contributed by atoms with Crippen LogP contribution in [-0.4, -0.2) is 55.8 Å². The summed E-state index contributed by atoms with van der Waals surface area (Å²) in [4.78, 5) is 85.3. The molecular formula is C34H36N8O7. The van der Waals surface area contributed by atoms with Gasteiger partial charge in [0.05, 0.1) is 5.41 Å². The maximum Gasteiger partial charge on any atom is 0.309 e. The lowest BCUT2D eigenvalue weighted by Crippen LogP contribution is -2.54. The van der Waals surface area contributed by atoms with Gasteiger partial charge in [0.25, 0.3) is 28.6 Å². The fourth-order valence-electron chi connectivity index (χ4n) is 7.94. The fraction of sp³-hybridized carbons (Fsp3) is 0.412. The van der Waals surface area contributed by atoms with Crippen LogP contribution in [-0.2, 0) is 24.3 Å². The molecule has 1 aliphatic heterocycles. The number of carboxylic acids is 1. The van der Waals surface area contributed by atoms with E-state index in [1.807, 2.05) is 25.1 Å². The molecule has 1 unspecified atom stereocenters. The van der Waals surface area contributed by atoms with E-state index < -0.39 is 40.0 Å². The number of nitrogen functional groups attached to an aromatic ring is 1. The van der Waals surface area contributed by atoms with Crippen LogP contribution in [0, 0.1) is 10.8 Å². The first-order valence-electron chi connectivity index (χ1n) is 16.3. The standard InChI is InChI=1S/C34H36N8O7/c1-17(33-5-8-34(9-6-33,10-7-33)32(48)49)39-31(47)22-13-21(40-29-24(28(36)45)38-16-42(22)29)30(46)37-14-18-2-3-19-4-11-41(15-20(19)12-18)25-23(35)26(43)27(25)44/h2-3,12-13,16-17H,4-11,14-15,35H2,1H3,(H2,36,45)(H,37,46)(H,39,47)(H,48,49). The number of carbonyl (C=O) groups excluding carboxylic acids is 3. The molecule has 254 valence electrons. The van der Waals surface area contributed by atoms with Gasteiger partial charge >= 0.3 is 5.97 Å². The largest absolute Gasteiger partial charge is 0.481 e. The molecule has 4 aromatic rings. The number of rotatable bonds is 9. The number of amides is 3. The molecule has 49 heavy (non-hydrogen) atoms. The zero-order chi connectivity index (χ0) is 34.8. The molecule has 0 spiro atoms. The molecule has 0 radical (unpaired) electrons. The molecule has 0 saturated heterocycles. The Labute approximate surface area is 279 Å². The molecule has 7 N–H and O–H groups in total. The van der Waals surface area contributed by atoms with Crippen LogP contribution in [0.25, 0.3) is 5.65 Å². The Morgan fingerprint density at radius 1 is 1.00 bits per heavy atom. The van der Waals surface area contributed by atoms with Gasteiger partial charge in [-0.25, -0.2) is 9.97 Å². The molecule has 3 saturated carbocycles. The smallest absolute Gasteiger partial charge is 0.309 e. The number of aromatic nitrogens is 3. The van der Waals surface area contributed by atoms with Crippen LogP contribution in [0.1, 0.15) is 93.6 Å². The van der Waals surface area contributed by atoms with Crippen molar-refractivity contribution in [3.63, 3.8) is 0 Å². The number of carboxylic acid groups (broad SMARTS) is 1. The van der Waals surface area contributed by atoms with Gasteiger partial charge in [-0.05, 0) is 80.0 Å². The van der Waals surface area contributed by atoms with Crippen molar-refractivity contribution in [2.75, 3.05) is 17.2 Å². The van der Waals surface area contributed by atoms with Crippen LogP contribution in [0.4, 0.5) is 11.4 Å². The molecule has 3 fully saturated rings. The second-order valence-electron chi connectivity index (χ2n) is 13.7. The van der Waals surface area contributed by atoms with E-state index in [1.165, 1.54) is 16.8 Å². The second-order valence-corrected chi connectivity index (χ2v) is 13.7. The highest BCUT2D eigenvalue weighted by atomic mass is 16.4. The van der Waals surface area contributed by atoms with Crippen molar-refractivity contribution in [2.45, 2.75) is 71.0 Å². The topological polar surface area (TPSA) is 232 Å². The number of fused-ring (bicyclic) bond motifs is 5. The van der Waals surface area contributed by atoms with Gasteiger partial charge in [0.1, 0.15) is 29.1 Å². The number of hydrogen-bond donors (Lipinski definition) is 5. The van der Waals surface area contributed by atoms with E-state index in [4.69, 9.17) is 11.5 Å². The molecule has 1 atom stereocenters. The van der Waals surface area contributed by atoms with E-state index in [9.17, 15) is 33.9 Å². The molecule has 8 rings (SSSR count). The van der Waals surface area contributed by atoms with Crippen molar-refractivity contribution in [1.82, 2.24) is 25.0 Å². The molecule has 15 nitrogen and oxygen atoms in total. The Bertz CT molecular complexity index is 2120. The normalized spacial score (nSPS) is 22.1. The molecular weight excluding hydrogens is 632 g/mol. The number of carbonyl (C=O) groups is 4. The minimum absolute atomic E-state index is 0.0176. The molecule has 3 aliphatic carbocycles. The summed E-state index contributed by atoms with van der Waals surface area (Å²) < 4.78 is 1.33. The summed E-state index contributed by atoms with van der Waals surface area (Å²) >= 11 is 0. The van der Waals surface area contributed by atoms with Gasteiger partial charge in [0.2, 0.25) is 0 Å². The Morgan fingerprint density at radius 2 is 1.71 bits per heavy atom.